The third-order valence-electron chi connectivity index (χ3n) is 2.65. The summed E-state index contributed by atoms with van der Waals surface area (Å²) in [6, 6.07) is 6.25. The van der Waals surface area contributed by atoms with Crippen LogP contribution in [0.25, 0.3) is 0 Å². The Morgan fingerprint density at radius 1 is 1.42 bits per heavy atom. The summed E-state index contributed by atoms with van der Waals surface area (Å²) in [6.45, 7) is 1.59. The first kappa shape index (κ1) is 15.5. The molecule has 0 bridgehead atoms. The molecule has 2 N–H and O–H groups in total. The number of hydrogen-bond donors (Lipinski definition) is 2. The normalized spacial score (nSPS) is 12.9. The highest BCUT2D eigenvalue weighted by Gasteiger charge is 2.19. The molecule has 0 fully saturated rings. The summed E-state index contributed by atoms with van der Waals surface area (Å²) in [5.74, 6) is -1.29. The quantitative estimate of drug-likeness (QED) is 0.783. The lowest BCUT2D eigenvalue weighted by atomic mass is 10.1. The summed E-state index contributed by atoms with van der Waals surface area (Å²) in [6.07, 6.45) is 0.226. The summed E-state index contributed by atoms with van der Waals surface area (Å²) in [4.78, 5) is 10.7. The van der Waals surface area contributed by atoms with Crippen molar-refractivity contribution >= 4 is 16.0 Å². The molecule has 0 aromatic heterocycles. The highest BCUT2D eigenvalue weighted by atomic mass is 32.2. The molecule has 0 saturated heterocycles. The Hall–Kier alpha value is -1.60. The molecular formula is C12H17NO5S. The van der Waals surface area contributed by atoms with Gasteiger partial charge >= 0.3 is 5.97 Å². The molecule has 0 spiro atoms. The summed E-state index contributed by atoms with van der Waals surface area (Å²) < 4.78 is 31.4. The van der Waals surface area contributed by atoms with Crippen LogP contribution in [0.15, 0.2) is 29.2 Å². The van der Waals surface area contributed by atoms with E-state index in [-0.39, 0.29) is 23.6 Å². The zero-order chi connectivity index (χ0) is 14.5. The largest absolute Gasteiger partial charge is 0.495 e. The molecule has 0 amide bonds. The number of methoxy groups -OCH3 is 1. The lowest BCUT2D eigenvalue weighted by Gasteiger charge is -2.11. The highest BCUT2D eigenvalue weighted by molar-refractivity contribution is 7.89. The molecule has 7 heteroatoms. The molecule has 1 rings (SSSR count). The minimum atomic E-state index is -3.69. The van der Waals surface area contributed by atoms with E-state index in [4.69, 9.17) is 9.84 Å². The van der Waals surface area contributed by atoms with Crippen LogP contribution >= 0.6 is 0 Å². The van der Waals surface area contributed by atoms with E-state index in [1.165, 1.54) is 20.1 Å². The summed E-state index contributed by atoms with van der Waals surface area (Å²) in [5.41, 5.74) is 0. The van der Waals surface area contributed by atoms with Gasteiger partial charge < -0.3 is 9.84 Å². The summed E-state index contributed by atoms with van der Waals surface area (Å²) in [7, 11) is -2.30. The molecule has 0 heterocycles. The van der Waals surface area contributed by atoms with Gasteiger partial charge in [0, 0.05) is 6.54 Å². The van der Waals surface area contributed by atoms with E-state index >= 15 is 0 Å². The van der Waals surface area contributed by atoms with Crippen molar-refractivity contribution in [2.45, 2.75) is 18.2 Å². The van der Waals surface area contributed by atoms with Crippen LogP contribution in [-0.2, 0) is 14.8 Å². The van der Waals surface area contributed by atoms with E-state index in [9.17, 15) is 13.2 Å². The topological polar surface area (TPSA) is 92.7 Å². The maximum atomic E-state index is 12.0. The summed E-state index contributed by atoms with van der Waals surface area (Å²) >= 11 is 0. The van der Waals surface area contributed by atoms with Crippen molar-refractivity contribution in [1.29, 1.82) is 0 Å². The number of benzene rings is 1. The van der Waals surface area contributed by atoms with Crippen molar-refractivity contribution in [3.8, 4) is 5.75 Å². The second-order valence-corrected chi connectivity index (χ2v) is 5.81. The smallest absolute Gasteiger partial charge is 0.306 e. The van der Waals surface area contributed by atoms with Gasteiger partial charge in [0.1, 0.15) is 10.6 Å². The van der Waals surface area contributed by atoms with Gasteiger partial charge in [-0.1, -0.05) is 19.1 Å². The molecule has 0 aliphatic rings. The lowest BCUT2D eigenvalue weighted by molar-refractivity contribution is -0.141. The fourth-order valence-electron chi connectivity index (χ4n) is 1.45. The fraction of sp³-hybridized carbons (Fsp3) is 0.417. The van der Waals surface area contributed by atoms with Crippen molar-refractivity contribution in [2.75, 3.05) is 13.7 Å². The minimum absolute atomic E-state index is 0.0421. The Labute approximate surface area is 112 Å². The zero-order valence-electron chi connectivity index (χ0n) is 10.8. The third-order valence-corrected chi connectivity index (χ3v) is 4.15. The molecule has 0 saturated carbocycles. The molecule has 106 valence electrons. The number of carboxylic acid groups (broad SMARTS) is 1. The Kier molecular flexibility index (Phi) is 5.31. The predicted octanol–water partition coefficient (Wildman–Crippen LogP) is 1.08. The second-order valence-electron chi connectivity index (χ2n) is 4.08. The molecule has 1 aromatic rings. The molecule has 6 nitrogen and oxygen atoms in total. The zero-order valence-corrected chi connectivity index (χ0v) is 11.6. The first-order valence-corrected chi connectivity index (χ1v) is 7.22. The summed E-state index contributed by atoms with van der Waals surface area (Å²) in [5, 5.41) is 8.71. The van der Waals surface area contributed by atoms with Crippen LogP contribution < -0.4 is 9.46 Å². The van der Waals surface area contributed by atoms with Crippen molar-refractivity contribution in [1.82, 2.24) is 4.72 Å². The van der Waals surface area contributed by atoms with Crippen LogP contribution in [-0.4, -0.2) is 33.1 Å². The molecular weight excluding hydrogens is 270 g/mol. The molecule has 0 aliphatic heterocycles. The molecule has 1 unspecified atom stereocenters. The lowest BCUT2D eigenvalue weighted by Crippen LogP contribution is -2.27. The van der Waals surface area contributed by atoms with Gasteiger partial charge in [0.25, 0.3) is 0 Å². The van der Waals surface area contributed by atoms with E-state index in [0.29, 0.717) is 0 Å². The number of nitrogens with one attached hydrogen (secondary N) is 1. The van der Waals surface area contributed by atoms with Crippen LogP contribution in [0.2, 0.25) is 0 Å². The van der Waals surface area contributed by atoms with Gasteiger partial charge in [0.05, 0.1) is 13.0 Å². The molecule has 0 radical (unpaired) electrons. The van der Waals surface area contributed by atoms with Crippen LogP contribution in [0.1, 0.15) is 13.3 Å². The average Bonchev–Trinajstić information content (AvgIpc) is 2.38. The molecule has 1 aromatic carbocycles. The number of para-hydroxylation sites is 1. The Bertz CT molecular complexity index is 541. The van der Waals surface area contributed by atoms with Crippen LogP contribution in [0.5, 0.6) is 5.75 Å². The molecule has 0 aliphatic carbocycles. The molecule has 1 atom stereocenters. The first-order valence-electron chi connectivity index (χ1n) is 5.74. The first-order chi connectivity index (χ1) is 8.88. The number of hydrogen-bond acceptors (Lipinski definition) is 4. The average molecular weight is 287 g/mol. The third kappa shape index (κ3) is 4.22. The maximum Gasteiger partial charge on any atom is 0.306 e. The van der Waals surface area contributed by atoms with Crippen molar-refractivity contribution < 1.29 is 23.1 Å². The van der Waals surface area contributed by atoms with E-state index in [1.54, 1.807) is 18.2 Å². The molecule has 19 heavy (non-hydrogen) atoms. The number of carbonyl (C=O) groups is 1. The predicted molar refractivity (Wildman–Crippen MR) is 69.6 cm³/mol. The van der Waals surface area contributed by atoms with Gasteiger partial charge in [0.2, 0.25) is 10.0 Å². The number of carboxylic acids is 1. The SMILES string of the molecule is COc1ccccc1S(=O)(=O)NCCC(C)C(=O)O. The van der Waals surface area contributed by atoms with E-state index in [2.05, 4.69) is 4.72 Å². The number of sulfonamides is 1. The van der Waals surface area contributed by atoms with Gasteiger partial charge in [-0.25, -0.2) is 13.1 Å². The number of rotatable bonds is 7. The fourth-order valence-corrected chi connectivity index (χ4v) is 2.67. The van der Waals surface area contributed by atoms with Crippen LogP contribution in [0, 0.1) is 5.92 Å². The van der Waals surface area contributed by atoms with Gasteiger partial charge in [-0.3, -0.25) is 4.79 Å². The van der Waals surface area contributed by atoms with Gasteiger partial charge in [-0.2, -0.15) is 0 Å². The maximum absolute atomic E-state index is 12.0. The monoisotopic (exact) mass is 287 g/mol. The van der Waals surface area contributed by atoms with E-state index < -0.39 is 21.9 Å². The van der Waals surface area contributed by atoms with Crippen LogP contribution in [0.4, 0.5) is 0 Å². The van der Waals surface area contributed by atoms with E-state index in [1.807, 2.05) is 0 Å². The highest BCUT2D eigenvalue weighted by Crippen LogP contribution is 2.22. The second kappa shape index (κ2) is 6.53. The van der Waals surface area contributed by atoms with Crippen LogP contribution in [0.3, 0.4) is 0 Å². The Morgan fingerprint density at radius 2 is 2.05 bits per heavy atom. The van der Waals surface area contributed by atoms with Gasteiger partial charge in [-0.15, -0.1) is 0 Å². The van der Waals surface area contributed by atoms with Gasteiger partial charge in [0.15, 0.2) is 0 Å². The standard InChI is InChI=1S/C12H17NO5S/c1-9(12(14)15)7-8-13-19(16,17)11-6-4-3-5-10(11)18-2/h3-6,9,13H,7-8H2,1-2H3,(H,14,15). The minimum Gasteiger partial charge on any atom is -0.495 e. The van der Waals surface area contributed by atoms with Gasteiger partial charge in [-0.05, 0) is 18.6 Å². The van der Waals surface area contributed by atoms with E-state index in [0.717, 1.165) is 0 Å². The number of aliphatic carboxylic acids is 1. The van der Waals surface area contributed by atoms with Crippen molar-refractivity contribution in [2.24, 2.45) is 5.92 Å². The van der Waals surface area contributed by atoms with Crippen molar-refractivity contribution in [3.05, 3.63) is 24.3 Å². The Morgan fingerprint density at radius 3 is 2.63 bits per heavy atom. The Balaban J connectivity index is 2.74. The number of ether oxygens (including phenoxy) is 1. The van der Waals surface area contributed by atoms with Crippen molar-refractivity contribution in [3.63, 3.8) is 0 Å².